The number of benzene rings is 1. The van der Waals surface area contributed by atoms with E-state index in [2.05, 4.69) is 50.4 Å². The zero-order valence-electron chi connectivity index (χ0n) is 21.6. The summed E-state index contributed by atoms with van der Waals surface area (Å²) in [4.78, 5) is 56.2. The van der Waals surface area contributed by atoms with E-state index in [9.17, 15) is 19.2 Å². The Morgan fingerprint density at radius 2 is 1.76 bits per heavy atom. The van der Waals surface area contributed by atoms with Crippen LogP contribution >= 0.6 is 0 Å². The average Bonchev–Trinajstić information content (AvgIpc) is 3.27. The van der Waals surface area contributed by atoms with Gasteiger partial charge in [-0.2, -0.15) is 9.61 Å². The molecule has 0 aliphatic carbocycles. The van der Waals surface area contributed by atoms with Crippen LogP contribution in [0.25, 0.3) is 16.9 Å². The van der Waals surface area contributed by atoms with Gasteiger partial charge in [-0.1, -0.05) is 26.8 Å². The van der Waals surface area contributed by atoms with Gasteiger partial charge >= 0.3 is 0 Å². The van der Waals surface area contributed by atoms with Crippen LogP contribution in [0.15, 0.2) is 36.5 Å². The van der Waals surface area contributed by atoms with E-state index in [4.69, 9.17) is 4.98 Å². The van der Waals surface area contributed by atoms with Crippen molar-refractivity contribution in [3.63, 3.8) is 0 Å². The molecule has 2 N–H and O–H groups in total. The fourth-order valence-corrected chi connectivity index (χ4v) is 5.51. The van der Waals surface area contributed by atoms with Crippen molar-refractivity contribution < 1.29 is 19.2 Å². The Labute approximate surface area is 214 Å². The number of imidazole rings is 1. The number of amides is 4. The minimum Gasteiger partial charge on any atom is -0.363 e. The summed E-state index contributed by atoms with van der Waals surface area (Å²) in [7, 11) is 0. The Balaban J connectivity index is 1.55. The van der Waals surface area contributed by atoms with Gasteiger partial charge in [0.1, 0.15) is 11.7 Å². The third kappa shape index (κ3) is 4.47. The Hall–Kier alpha value is -4.08. The molecular formula is C27H30N6O4. The van der Waals surface area contributed by atoms with Crippen LogP contribution < -0.4 is 10.6 Å². The lowest BCUT2D eigenvalue weighted by atomic mass is 9.82. The molecule has 0 spiro atoms. The van der Waals surface area contributed by atoms with E-state index in [0.717, 1.165) is 11.3 Å². The van der Waals surface area contributed by atoms with Gasteiger partial charge in [-0.15, -0.1) is 0 Å². The molecule has 4 heterocycles. The van der Waals surface area contributed by atoms with Gasteiger partial charge in [0.25, 0.3) is 11.8 Å². The highest BCUT2D eigenvalue weighted by Gasteiger charge is 2.44. The normalized spacial score (nSPS) is 18.4. The van der Waals surface area contributed by atoms with E-state index in [-0.39, 0.29) is 34.9 Å². The first-order valence-corrected chi connectivity index (χ1v) is 12.3. The van der Waals surface area contributed by atoms with Crippen molar-refractivity contribution in [2.75, 3.05) is 5.32 Å². The molecule has 1 atom stereocenters. The third-order valence-corrected chi connectivity index (χ3v) is 6.54. The van der Waals surface area contributed by atoms with Crippen molar-refractivity contribution in [2.24, 2.45) is 5.41 Å². The first kappa shape index (κ1) is 24.6. The standard InChI is InChI=1S/C27H30N6O4/c1-26(2,3)14-27(4,5)31-22-21(29-19-7-6-12-28-33(19)22)15-8-9-16-17(13-15)25(37)32(24(16)36)18-10-11-20(34)30-23(18)35/h6-9,12-13,18,31H,10-11,14H2,1-5H3,(H,30,34,35). The van der Waals surface area contributed by atoms with Crippen molar-refractivity contribution in [3.05, 3.63) is 47.7 Å². The van der Waals surface area contributed by atoms with Crippen molar-refractivity contribution in [2.45, 2.75) is 65.5 Å². The number of imide groups is 2. The molecule has 1 fully saturated rings. The molecule has 2 aromatic heterocycles. The smallest absolute Gasteiger partial charge is 0.262 e. The molecule has 1 aromatic carbocycles. The van der Waals surface area contributed by atoms with Crippen LogP contribution in [0.4, 0.5) is 5.82 Å². The fraction of sp³-hybridized carbons (Fsp3) is 0.407. The molecule has 3 aromatic rings. The Morgan fingerprint density at radius 3 is 2.46 bits per heavy atom. The topological polar surface area (TPSA) is 126 Å². The molecule has 10 nitrogen and oxygen atoms in total. The molecule has 0 saturated carbocycles. The van der Waals surface area contributed by atoms with Gasteiger partial charge in [-0.3, -0.25) is 29.4 Å². The number of nitrogens with one attached hydrogen (secondary N) is 2. The van der Waals surface area contributed by atoms with Gasteiger partial charge in [-0.25, -0.2) is 4.98 Å². The maximum atomic E-state index is 13.3. The van der Waals surface area contributed by atoms with Crippen LogP contribution in [0.1, 0.15) is 74.6 Å². The lowest BCUT2D eigenvalue weighted by molar-refractivity contribution is -0.136. The van der Waals surface area contributed by atoms with Crippen molar-refractivity contribution in [3.8, 4) is 11.3 Å². The summed E-state index contributed by atoms with van der Waals surface area (Å²) in [6.07, 6.45) is 2.74. The number of aromatic nitrogens is 3. The summed E-state index contributed by atoms with van der Waals surface area (Å²) in [5.74, 6) is -1.45. The molecule has 2 aliphatic heterocycles. The minimum atomic E-state index is -1.01. The second-order valence-electron chi connectivity index (χ2n) is 11.6. The predicted molar refractivity (Wildman–Crippen MR) is 137 cm³/mol. The molecule has 5 rings (SSSR count). The average molecular weight is 503 g/mol. The molecule has 1 unspecified atom stereocenters. The molecule has 2 aliphatic rings. The molecule has 1 saturated heterocycles. The van der Waals surface area contributed by atoms with E-state index in [1.807, 2.05) is 6.07 Å². The van der Waals surface area contributed by atoms with Crippen molar-refractivity contribution in [1.29, 1.82) is 0 Å². The number of rotatable bonds is 5. The summed E-state index contributed by atoms with van der Waals surface area (Å²) >= 11 is 0. The monoisotopic (exact) mass is 502 g/mol. The number of carbonyl (C=O) groups is 4. The van der Waals surface area contributed by atoms with Gasteiger partial charge < -0.3 is 5.32 Å². The van der Waals surface area contributed by atoms with Crippen molar-refractivity contribution >= 4 is 35.1 Å². The highest BCUT2D eigenvalue weighted by Crippen LogP contribution is 2.36. The van der Waals surface area contributed by atoms with E-state index in [1.165, 1.54) is 0 Å². The van der Waals surface area contributed by atoms with Crippen LogP contribution in [-0.4, -0.2) is 54.7 Å². The summed E-state index contributed by atoms with van der Waals surface area (Å²) in [6, 6.07) is 7.64. The second kappa shape index (κ2) is 8.50. The number of piperidine rings is 1. The Bertz CT molecular complexity index is 1470. The van der Waals surface area contributed by atoms with E-state index >= 15 is 0 Å². The molecule has 192 valence electrons. The molecule has 10 heteroatoms. The summed E-state index contributed by atoms with van der Waals surface area (Å²) < 4.78 is 1.73. The number of anilines is 1. The first-order valence-electron chi connectivity index (χ1n) is 12.3. The predicted octanol–water partition coefficient (Wildman–Crippen LogP) is 3.42. The largest absolute Gasteiger partial charge is 0.363 e. The molecule has 0 bridgehead atoms. The SMILES string of the molecule is CC(C)(C)CC(C)(C)Nc1c(-c2ccc3c(c2)C(=O)N(C2CCC(=O)NC2=O)C3=O)nc2cccnn12. The summed E-state index contributed by atoms with van der Waals surface area (Å²) in [5, 5.41) is 10.3. The van der Waals surface area contributed by atoms with Crippen LogP contribution in [0.3, 0.4) is 0 Å². The number of hydrogen-bond acceptors (Lipinski definition) is 7. The van der Waals surface area contributed by atoms with E-state index in [0.29, 0.717) is 22.7 Å². The lowest BCUT2D eigenvalue weighted by Gasteiger charge is -2.34. The number of nitrogens with zero attached hydrogens (tertiary/aromatic N) is 4. The second-order valence-corrected chi connectivity index (χ2v) is 11.6. The van der Waals surface area contributed by atoms with Crippen LogP contribution in [0, 0.1) is 5.41 Å². The van der Waals surface area contributed by atoms with Crippen molar-refractivity contribution in [1.82, 2.24) is 24.8 Å². The Morgan fingerprint density at radius 1 is 1.03 bits per heavy atom. The molecule has 0 radical (unpaired) electrons. The van der Waals surface area contributed by atoms with Gasteiger partial charge in [-0.05, 0) is 56.4 Å². The van der Waals surface area contributed by atoms with Gasteiger partial charge in [0.15, 0.2) is 11.5 Å². The quantitative estimate of drug-likeness (QED) is 0.512. The maximum Gasteiger partial charge on any atom is 0.262 e. The number of fused-ring (bicyclic) bond motifs is 2. The van der Waals surface area contributed by atoms with Gasteiger partial charge in [0.2, 0.25) is 11.8 Å². The zero-order chi connectivity index (χ0) is 26.7. The van der Waals surface area contributed by atoms with E-state index < -0.39 is 29.7 Å². The van der Waals surface area contributed by atoms with Crippen LogP contribution in [0.2, 0.25) is 0 Å². The Kier molecular flexibility index (Phi) is 5.65. The van der Waals surface area contributed by atoms with E-state index in [1.54, 1.807) is 35.0 Å². The fourth-order valence-electron chi connectivity index (χ4n) is 5.51. The minimum absolute atomic E-state index is 0.0721. The van der Waals surface area contributed by atoms with Gasteiger partial charge in [0, 0.05) is 23.7 Å². The molecular weight excluding hydrogens is 472 g/mol. The van der Waals surface area contributed by atoms with Gasteiger partial charge in [0.05, 0.1) is 11.1 Å². The third-order valence-electron chi connectivity index (χ3n) is 6.54. The van der Waals surface area contributed by atoms with Crippen LogP contribution in [-0.2, 0) is 9.59 Å². The molecule has 37 heavy (non-hydrogen) atoms. The number of hydrogen-bond donors (Lipinski definition) is 2. The lowest BCUT2D eigenvalue weighted by Crippen LogP contribution is -2.54. The number of carbonyl (C=O) groups excluding carboxylic acids is 4. The highest BCUT2D eigenvalue weighted by molar-refractivity contribution is 6.23. The zero-order valence-corrected chi connectivity index (χ0v) is 21.6. The van der Waals surface area contributed by atoms with Crippen LogP contribution in [0.5, 0.6) is 0 Å². The summed E-state index contributed by atoms with van der Waals surface area (Å²) in [6.45, 7) is 10.8. The first-order chi connectivity index (χ1) is 17.3. The molecule has 4 amide bonds. The maximum absolute atomic E-state index is 13.3. The summed E-state index contributed by atoms with van der Waals surface area (Å²) in [5.41, 5.74) is 2.09. The highest BCUT2D eigenvalue weighted by atomic mass is 16.2.